The van der Waals surface area contributed by atoms with Crippen LogP contribution in [0.25, 0.3) is 0 Å². The Balaban J connectivity index is 2.33. The van der Waals surface area contributed by atoms with E-state index in [2.05, 4.69) is 27.9 Å². The standard InChI is InChI=1S/C14H13ClINO/c1-17-9-10-4-2-7-13(15)14(10)18-12-6-3-5-11(16)8-12/h2-8,17H,9H2,1H3. The van der Waals surface area contributed by atoms with E-state index >= 15 is 0 Å². The number of benzene rings is 2. The molecule has 1 N–H and O–H groups in total. The van der Waals surface area contributed by atoms with Crippen LogP contribution >= 0.6 is 34.2 Å². The Labute approximate surface area is 125 Å². The third kappa shape index (κ3) is 3.37. The highest BCUT2D eigenvalue weighted by Gasteiger charge is 2.09. The normalized spacial score (nSPS) is 10.4. The van der Waals surface area contributed by atoms with E-state index in [-0.39, 0.29) is 0 Å². The van der Waals surface area contributed by atoms with Gasteiger partial charge in [-0.3, -0.25) is 0 Å². The monoisotopic (exact) mass is 373 g/mol. The first-order valence-electron chi connectivity index (χ1n) is 5.56. The average Bonchev–Trinajstić information content (AvgIpc) is 2.34. The van der Waals surface area contributed by atoms with E-state index in [4.69, 9.17) is 16.3 Å². The molecule has 4 heteroatoms. The van der Waals surface area contributed by atoms with Crippen LogP contribution in [0.4, 0.5) is 0 Å². The molecule has 0 bridgehead atoms. The summed E-state index contributed by atoms with van der Waals surface area (Å²) in [7, 11) is 1.90. The molecule has 0 aliphatic rings. The molecular formula is C14H13ClINO. The van der Waals surface area contributed by atoms with Crippen molar-refractivity contribution in [3.05, 3.63) is 56.6 Å². The van der Waals surface area contributed by atoms with E-state index in [0.717, 1.165) is 27.2 Å². The Morgan fingerprint density at radius 2 is 2.00 bits per heavy atom. The maximum Gasteiger partial charge on any atom is 0.150 e. The molecule has 0 aromatic heterocycles. The molecule has 0 amide bonds. The first-order chi connectivity index (χ1) is 8.70. The zero-order valence-corrected chi connectivity index (χ0v) is 12.8. The SMILES string of the molecule is CNCc1cccc(Cl)c1Oc1cccc(I)c1. The van der Waals surface area contributed by atoms with Crippen LogP contribution in [-0.2, 0) is 6.54 Å². The van der Waals surface area contributed by atoms with Crippen molar-refractivity contribution in [3.8, 4) is 11.5 Å². The first kappa shape index (κ1) is 13.6. The van der Waals surface area contributed by atoms with Gasteiger partial charge in [-0.15, -0.1) is 0 Å². The van der Waals surface area contributed by atoms with E-state index in [9.17, 15) is 0 Å². The second kappa shape index (κ2) is 6.41. The lowest BCUT2D eigenvalue weighted by molar-refractivity contribution is 0.474. The Bertz CT molecular complexity index is 545. The summed E-state index contributed by atoms with van der Waals surface area (Å²) in [6, 6.07) is 13.7. The highest BCUT2D eigenvalue weighted by Crippen LogP contribution is 2.33. The van der Waals surface area contributed by atoms with Gasteiger partial charge in [-0.2, -0.15) is 0 Å². The minimum absolute atomic E-state index is 0.626. The maximum absolute atomic E-state index is 6.20. The molecule has 0 radical (unpaired) electrons. The molecule has 18 heavy (non-hydrogen) atoms. The number of nitrogens with one attached hydrogen (secondary N) is 1. The predicted octanol–water partition coefficient (Wildman–Crippen LogP) is 4.46. The van der Waals surface area contributed by atoms with Gasteiger partial charge in [0.25, 0.3) is 0 Å². The van der Waals surface area contributed by atoms with Gasteiger partial charge in [0.1, 0.15) is 11.5 Å². The van der Waals surface area contributed by atoms with Crippen LogP contribution in [-0.4, -0.2) is 7.05 Å². The lowest BCUT2D eigenvalue weighted by Crippen LogP contribution is -2.06. The molecule has 2 aromatic carbocycles. The second-order valence-electron chi connectivity index (χ2n) is 3.82. The largest absolute Gasteiger partial charge is 0.455 e. The van der Waals surface area contributed by atoms with Crippen LogP contribution in [0.15, 0.2) is 42.5 Å². The maximum atomic E-state index is 6.20. The van der Waals surface area contributed by atoms with Crippen molar-refractivity contribution in [2.45, 2.75) is 6.54 Å². The highest BCUT2D eigenvalue weighted by atomic mass is 127. The second-order valence-corrected chi connectivity index (χ2v) is 5.47. The van der Waals surface area contributed by atoms with Gasteiger partial charge in [0, 0.05) is 15.7 Å². The van der Waals surface area contributed by atoms with Gasteiger partial charge in [-0.1, -0.05) is 29.8 Å². The van der Waals surface area contributed by atoms with Crippen LogP contribution in [0.3, 0.4) is 0 Å². The smallest absolute Gasteiger partial charge is 0.150 e. The fraction of sp³-hybridized carbons (Fsp3) is 0.143. The number of ether oxygens (including phenoxy) is 1. The molecule has 0 spiro atoms. The van der Waals surface area contributed by atoms with E-state index in [0.29, 0.717) is 5.02 Å². The molecule has 0 saturated carbocycles. The zero-order valence-electron chi connectivity index (χ0n) is 9.91. The van der Waals surface area contributed by atoms with Crippen molar-refractivity contribution in [1.29, 1.82) is 0 Å². The molecule has 0 heterocycles. The van der Waals surface area contributed by atoms with Crippen LogP contribution in [0.1, 0.15) is 5.56 Å². The summed E-state index contributed by atoms with van der Waals surface area (Å²) in [6.07, 6.45) is 0. The Morgan fingerprint density at radius 3 is 2.72 bits per heavy atom. The summed E-state index contributed by atoms with van der Waals surface area (Å²) in [5.74, 6) is 1.52. The summed E-state index contributed by atoms with van der Waals surface area (Å²) < 4.78 is 7.03. The number of para-hydroxylation sites is 1. The summed E-state index contributed by atoms with van der Waals surface area (Å²) in [6.45, 7) is 0.722. The molecule has 0 unspecified atom stereocenters. The van der Waals surface area contributed by atoms with Gasteiger partial charge in [0.15, 0.2) is 0 Å². The molecule has 2 rings (SSSR count). The summed E-state index contributed by atoms with van der Waals surface area (Å²) in [5.41, 5.74) is 1.05. The zero-order chi connectivity index (χ0) is 13.0. The van der Waals surface area contributed by atoms with E-state index < -0.39 is 0 Å². The lowest BCUT2D eigenvalue weighted by Gasteiger charge is -2.12. The van der Waals surface area contributed by atoms with Gasteiger partial charge >= 0.3 is 0 Å². The minimum atomic E-state index is 0.626. The van der Waals surface area contributed by atoms with Crippen molar-refractivity contribution in [2.24, 2.45) is 0 Å². The van der Waals surface area contributed by atoms with Gasteiger partial charge in [-0.25, -0.2) is 0 Å². The summed E-state index contributed by atoms with van der Waals surface area (Å²) >= 11 is 8.46. The molecule has 94 valence electrons. The van der Waals surface area contributed by atoms with E-state index in [1.807, 2.05) is 49.5 Å². The quantitative estimate of drug-likeness (QED) is 0.799. The summed E-state index contributed by atoms with van der Waals surface area (Å²) in [5, 5.41) is 3.74. The number of hydrogen-bond donors (Lipinski definition) is 1. The topological polar surface area (TPSA) is 21.3 Å². The van der Waals surface area contributed by atoms with Gasteiger partial charge in [-0.05, 0) is 53.9 Å². The van der Waals surface area contributed by atoms with Crippen molar-refractivity contribution in [2.75, 3.05) is 7.05 Å². The van der Waals surface area contributed by atoms with E-state index in [1.54, 1.807) is 0 Å². The molecule has 0 atom stereocenters. The molecule has 0 fully saturated rings. The van der Waals surface area contributed by atoms with Crippen molar-refractivity contribution >= 4 is 34.2 Å². The van der Waals surface area contributed by atoms with E-state index in [1.165, 1.54) is 0 Å². The van der Waals surface area contributed by atoms with Gasteiger partial charge < -0.3 is 10.1 Å². The average molecular weight is 374 g/mol. The highest BCUT2D eigenvalue weighted by molar-refractivity contribution is 14.1. The molecule has 2 nitrogen and oxygen atoms in total. The summed E-state index contributed by atoms with van der Waals surface area (Å²) in [4.78, 5) is 0. The molecule has 0 aliphatic carbocycles. The lowest BCUT2D eigenvalue weighted by atomic mass is 10.2. The number of hydrogen-bond acceptors (Lipinski definition) is 2. The molecule has 0 saturated heterocycles. The number of rotatable bonds is 4. The molecule has 2 aromatic rings. The predicted molar refractivity (Wildman–Crippen MR) is 83.4 cm³/mol. The Kier molecular flexibility index (Phi) is 4.86. The van der Waals surface area contributed by atoms with Crippen molar-refractivity contribution in [3.63, 3.8) is 0 Å². The number of halogens is 2. The van der Waals surface area contributed by atoms with Crippen molar-refractivity contribution < 1.29 is 4.74 Å². The minimum Gasteiger partial charge on any atom is -0.455 e. The fourth-order valence-electron chi connectivity index (χ4n) is 1.65. The third-order valence-corrected chi connectivity index (χ3v) is 3.40. The van der Waals surface area contributed by atoms with Crippen molar-refractivity contribution in [1.82, 2.24) is 5.32 Å². The van der Waals surface area contributed by atoms with Crippen LogP contribution < -0.4 is 10.1 Å². The Hall–Kier alpha value is -0.780. The van der Waals surface area contributed by atoms with Crippen LogP contribution in [0.2, 0.25) is 5.02 Å². The third-order valence-electron chi connectivity index (χ3n) is 2.43. The molecule has 0 aliphatic heterocycles. The van der Waals surface area contributed by atoms with Crippen LogP contribution in [0, 0.1) is 3.57 Å². The van der Waals surface area contributed by atoms with Crippen LogP contribution in [0.5, 0.6) is 11.5 Å². The van der Waals surface area contributed by atoms with Gasteiger partial charge in [0.05, 0.1) is 5.02 Å². The van der Waals surface area contributed by atoms with Gasteiger partial charge in [0.2, 0.25) is 0 Å². The Morgan fingerprint density at radius 1 is 1.22 bits per heavy atom. The fourth-order valence-corrected chi connectivity index (χ4v) is 2.39. The molecular weight excluding hydrogens is 361 g/mol. The first-order valence-corrected chi connectivity index (χ1v) is 7.02.